The van der Waals surface area contributed by atoms with Crippen molar-refractivity contribution in [1.29, 1.82) is 0 Å². The van der Waals surface area contributed by atoms with Gasteiger partial charge in [-0.25, -0.2) is 5.43 Å². The molecule has 2 rings (SSSR count). The molecule has 0 radical (unpaired) electrons. The van der Waals surface area contributed by atoms with Crippen molar-refractivity contribution >= 4 is 17.5 Å². The highest BCUT2D eigenvalue weighted by Gasteiger charge is 2.30. The lowest BCUT2D eigenvalue weighted by Crippen LogP contribution is -2.50. The van der Waals surface area contributed by atoms with Gasteiger partial charge in [0.2, 0.25) is 5.91 Å². The molecular weight excluding hydrogens is 218 g/mol. The summed E-state index contributed by atoms with van der Waals surface area (Å²) in [5, 5.41) is 6.87. The number of amides is 2. The fourth-order valence-corrected chi connectivity index (χ4v) is 2.44. The van der Waals surface area contributed by atoms with Crippen LogP contribution < -0.4 is 10.7 Å². The molecule has 2 amide bonds. The zero-order valence-electron chi connectivity index (χ0n) is 10.2. The van der Waals surface area contributed by atoms with Crippen LogP contribution in [0.25, 0.3) is 0 Å². The second-order valence-electron chi connectivity index (χ2n) is 5.17. The lowest BCUT2D eigenvalue weighted by molar-refractivity contribution is -0.121. The van der Waals surface area contributed by atoms with Crippen LogP contribution in [0.4, 0.5) is 0 Å². The quantitative estimate of drug-likeness (QED) is 0.754. The molecule has 0 aromatic heterocycles. The molecule has 5 nitrogen and oxygen atoms in total. The fraction of sp³-hybridized carbons (Fsp3) is 0.750. The van der Waals surface area contributed by atoms with Crippen LogP contribution in [0.15, 0.2) is 5.10 Å². The first kappa shape index (κ1) is 12.1. The van der Waals surface area contributed by atoms with Gasteiger partial charge >= 0.3 is 0 Å². The topological polar surface area (TPSA) is 70.6 Å². The number of nitrogens with one attached hydrogen (secondary N) is 2. The Balaban J connectivity index is 1.94. The van der Waals surface area contributed by atoms with Gasteiger partial charge in [0.1, 0.15) is 5.71 Å². The molecule has 0 saturated heterocycles. The van der Waals surface area contributed by atoms with Gasteiger partial charge in [-0.3, -0.25) is 9.59 Å². The van der Waals surface area contributed by atoms with Crippen LogP contribution in [0.1, 0.15) is 51.9 Å². The second kappa shape index (κ2) is 4.85. The second-order valence-corrected chi connectivity index (χ2v) is 5.17. The van der Waals surface area contributed by atoms with Gasteiger partial charge in [0.05, 0.1) is 0 Å². The van der Waals surface area contributed by atoms with Gasteiger partial charge in [0.25, 0.3) is 5.91 Å². The molecule has 2 N–H and O–H groups in total. The van der Waals surface area contributed by atoms with E-state index in [2.05, 4.69) is 22.8 Å². The van der Waals surface area contributed by atoms with E-state index in [4.69, 9.17) is 0 Å². The zero-order valence-corrected chi connectivity index (χ0v) is 10.2. The lowest BCUT2D eigenvalue weighted by atomic mass is 9.83. The molecule has 0 bridgehead atoms. The molecule has 17 heavy (non-hydrogen) atoms. The van der Waals surface area contributed by atoms with Crippen molar-refractivity contribution in [2.45, 2.75) is 57.4 Å². The summed E-state index contributed by atoms with van der Waals surface area (Å²) in [6.07, 6.45) is 6.43. The van der Waals surface area contributed by atoms with Crippen LogP contribution in [-0.4, -0.2) is 23.1 Å². The van der Waals surface area contributed by atoms with Gasteiger partial charge in [0.15, 0.2) is 0 Å². The summed E-state index contributed by atoms with van der Waals surface area (Å²) >= 11 is 0. The smallest absolute Gasteiger partial charge is 0.267 e. The summed E-state index contributed by atoms with van der Waals surface area (Å²) in [6.45, 7) is 2.09. The van der Waals surface area contributed by atoms with Crippen molar-refractivity contribution in [3.8, 4) is 0 Å². The maximum atomic E-state index is 12.0. The number of hydrogen-bond donors (Lipinski definition) is 2. The molecule has 0 unspecified atom stereocenters. The molecule has 1 fully saturated rings. The van der Waals surface area contributed by atoms with E-state index in [-0.39, 0.29) is 17.4 Å². The van der Waals surface area contributed by atoms with Crippen LogP contribution in [0, 0.1) is 0 Å². The summed E-state index contributed by atoms with van der Waals surface area (Å²) in [6, 6.07) is 0. The Morgan fingerprint density at radius 1 is 1.29 bits per heavy atom. The SMILES string of the molecule is CC1(NC(=O)C2=NNC(=O)CC2)CCCCC1. The summed E-state index contributed by atoms with van der Waals surface area (Å²) in [4.78, 5) is 22.9. The average Bonchev–Trinajstić information content (AvgIpc) is 2.30. The number of hydrazone groups is 1. The van der Waals surface area contributed by atoms with Crippen LogP contribution in [-0.2, 0) is 9.59 Å². The molecule has 1 aliphatic carbocycles. The van der Waals surface area contributed by atoms with Crippen molar-refractivity contribution in [3.63, 3.8) is 0 Å². The van der Waals surface area contributed by atoms with Crippen molar-refractivity contribution < 1.29 is 9.59 Å². The molecule has 0 spiro atoms. The Kier molecular flexibility index (Phi) is 3.45. The number of nitrogens with zero attached hydrogens (tertiary/aromatic N) is 1. The Labute approximate surface area is 101 Å². The van der Waals surface area contributed by atoms with Crippen LogP contribution >= 0.6 is 0 Å². The Hall–Kier alpha value is -1.39. The van der Waals surface area contributed by atoms with Gasteiger partial charge in [-0.2, -0.15) is 5.10 Å². The fourth-order valence-electron chi connectivity index (χ4n) is 2.44. The van der Waals surface area contributed by atoms with Crippen molar-refractivity contribution in [2.24, 2.45) is 5.10 Å². The third-order valence-electron chi connectivity index (χ3n) is 3.54. The van der Waals surface area contributed by atoms with E-state index < -0.39 is 0 Å². The predicted octanol–water partition coefficient (Wildman–Crippen LogP) is 1.09. The Morgan fingerprint density at radius 3 is 2.59 bits per heavy atom. The van der Waals surface area contributed by atoms with E-state index in [1.165, 1.54) is 19.3 Å². The largest absolute Gasteiger partial charge is 0.346 e. The van der Waals surface area contributed by atoms with E-state index in [1.54, 1.807) is 0 Å². The maximum Gasteiger partial charge on any atom is 0.267 e. The number of rotatable bonds is 2. The van der Waals surface area contributed by atoms with E-state index in [9.17, 15) is 9.59 Å². The zero-order chi connectivity index (χ0) is 12.3. The third kappa shape index (κ3) is 3.05. The van der Waals surface area contributed by atoms with Crippen LogP contribution in [0.5, 0.6) is 0 Å². The maximum absolute atomic E-state index is 12.0. The third-order valence-corrected chi connectivity index (χ3v) is 3.54. The van der Waals surface area contributed by atoms with Crippen molar-refractivity contribution in [1.82, 2.24) is 10.7 Å². The molecule has 0 atom stereocenters. The van der Waals surface area contributed by atoms with E-state index in [1.807, 2.05) is 0 Å². The molecule has 1 heterocycles. The molecule has 94 valence electrons. The van der Waals surface area contributed by atoms with Gasteiger partial charge in [-0.15, -0.1) is 0 Å². The summed E-state index contributed by atoms with van der Waals surface area (Å²) in [5.41, 5.74) is 2.69. The minimum absolute atomic E-state index is 0.0979. The Morgan fingerprint density at radius 2 is 2.00 bits per heavy atom. The van der Waals surface area contributed by atoms with Gasteiger partial charge < -0.3 is 5.32 Å². The molecule has 0 aromatic rings. The van der Waals surface area contributed by atoms with Gasteiger partial charge in [-0.05, 0) is 19.8 Å². The first-order valence-electron chi connectivity index (χ1n) is 6.27. The number of carbonyl (C=O) groups is 2. The monoisotopic (exact) mass is 237 g/mol. The van der Waals surface area contributed by atoms with E-state index in [0.29, 0.717) is 18.6 Å². The number of hydrogen-bond acceptors (Lipinski definition) is 3. The van der Waals surface area contributed by atoms with Crippen LogP contribution in [0.3, 0.4) is 0 Å². The average molecular weight is 237 g/mol. The highest BCUT2D eigenvalue weighted by Crippen LogP contribution is 2.27. The Bertz CT molecular complexity index is 357. The molecule has 2 aliphatic rings. The molecular formula is C12H19N3O2. The van der Waals surface area contributed by atoms with Crippen LogP contribution in [0.2, 0.25) is 0 Å². The van der Waals surface area contributed by atoms with E-state index >= 15 is 0 Å². The van der Waals surface area contributed by atoms with Crippen molar-refractivity contribution in [3.05, 3.63) is 0 Å². The summed E-state index contributed by atoms with van der Waals surface area (Å²) < 4.78 is 0. The minimum Gasteiger partial charge on any atom is -0.346 e. The highest BCUT2D eigenvalue weighted by molar-refractivity contribution is 6.39. The normalized spacial score (nSPS) is 23.6. The van der Waals surface area contributed by atoms with Gasteiger partial charge in [0, 0.05) is 18.4 Å². The highest BCUT2D eigenvalue weighted by atomic mass is 16.2. The first-order chi connectivity index (χ1) is 8.09. The standard InChI is InChI=1S/C12H19N3O2/c1-12(7-3-2-4-8-12)13-11(17)9-5-6-10(16)15-14-9/h2-8H2,1H3,(H,13,17)(H,15,16). The molecule has 1 aliphatic heterocycles. The van der Waals surface area contributed by atoms with E-state index in [0.717, 1.165) is 12.8 Å². The molecule has 5 heteroatoms. The van der Waals surface area contributed by atoms with Crippen molar-refractivity contribution in [2.75, 3.05) is 0 Å². The predicted molar refractivity (Wildman–Crippen MR) is 64.4 cm³/mol. The summed E-state index contributed by atoms with van der Waals surface area (Å²) in [7, 11) is 0. The van der Waals surface area contributed by atoms with Gasteiger partial charge in [-0.1, -0.05) is 19.3 Å². The number of carbonyl (C=O) groups excluding carboxylic acids is 2. The summed E-state index contributed by atoms with van der Waals surface area (Å²) in [5.74, 6) is -0.250. The lowest BCUT2D eigenvalue weighted by Gasteiger charge is -2.34. The first-order valence-corrected chi connectivity index (χ1v) is 6.27. The molecule has 1 saturated carbocycles. The minimum atomic E-state index is -0.130. The molecule has 0 aromatic carbocycles.